The minimum Gasteiger partial charge on any atom is -0.478 e. The van der Waals surface area contributed by atoms with Crippen molar-refractivity contribution in [3.63, 3.8) is 0 Å². The van der Waals surface area contributed by atoms with Crippen molar-refractivity contribution in [1.29, 1.82) is 0 Å². The Bertz CT molecular complexity index is 605. The van der Waals surface area contributed by atoms with Gasteiger partial charge in [-0.1, -0.05) is 19.9 Å². The van der Waals surface area contributed by atoms with Crippen molar-refractivity contribution in [3.05, 3.63) is 23.8 Å². The summed E-state index contributed by atoms with van der Waals surface area (Å²) in [7, 11) is -3.47. The minimum atomic E-state index is -3.47. The summed E-state index contributed by atoms with van der Waals surface area (Å²) < 4.78 is 24.5. The molecule has 0 bridgehead atoms. The summed E-state index contributed by atoms with van der Waals surface area (Å²) in [5.41, 5.74) is -0.238. The number of anilines is 1. The molecule has 0 fully saturated rings. The summed E-state index contributed by atoms with van der Waals surface area (Å²) in [5, 5.41) is 12.1. The van der Waals surface area contributed by atoms with E-state index in [1.54, 1.807) is 0 Å². The van der Waals surface area contributed by atoms with E-state index in [0.29, 0.717) is 6.54 Å². The lowest BCUT2D eigenvalue weighted by molar-refractivity contribution is 0.0697. The molecule has 1 aliphatic heterocycles. The molecule has 1 heterocycles. The topological polar surface area (TPSA) is 83.5 Å². The van der Waals surface area contributed by atoms with E-state index in [1.807, 2.05) is 13.8 Å². The molecule has 0 aromatic heterocycles. The molecule has 98 valence electrons. The molecule has 6 heteroatoms. The lowest BCUT2D eigenvalue weighted by atomic mass is 9.96. The van der Waals surface area contributed by atoms with Crippen LogP contribution in [0.1, 0.15) is 24.2 Å². The normalized spacial score (nSPS) is 20.3. The first kappa shape index (κ1) is 12.9. The third kappa shape index (κ3) is 2.20. The second-order valence-corrected chi connectivity index (χ2v) is 7.22. The highest BCUT2D eigenvalue weighted by Crippen LogP contribution is 2.34. The molecule has 0 amide bonds. The van der Waals surface area contributed by atoms with Crippen LogP contribution in [0.25, 0.3) is 0 Å². The Hall–Kier alpha value is -1.56. The van der Waals surface area contributed by atoms with Crippen LogP contribution in [0, 0.1) is 5.41 Å². The number of sulfone groups is 1. The van der Waals surface area contributed by atoms with E-state index in [-0.39, 0.29) is 21.9 Å². The van der Waals surface area contributed by atoms with Crippen molar-refractivity contribution >= 4 is 21.5 Å². The molecule has 18 heavy (non-hydrogen) atoms. The van der Waals surface area contributed by atoms with Crippen molar-refractivity contribution in [3.8, 4) is 0 Å². The van der Waals surface area contributed by atoms with E-state index in [1.165, 1.54) is 18.2 Å². The van der Waals surface area contributed by atoms with Crippen molar-refractivity contribution in [2.45, 2.75) is 18.7 Å². The standard InChI is InChI=1S/C12H15NO4S/c1-12(2)6-13-10-8(11(14)15)4-3-5-9(10)18(16,17)7-12/h3-5,13H,6-7H2,1-2H3,(H,14,15). The molecule has 0 atom stereocenters. The smallest absolute Gasteiger partial charge is 0.337 e. The van der Waals surface area contributed by atoms with Crippen molar-refractivity contribution in [1.82, 2.24) is 0 Å². The molecule has 0 spiro atoms. The number of para-hydroxylation sites is 1. The van der Waals surface area contributed by atoms with Crippen molar-refractivity contribution in [2.24, 2.45) is 5.41 Å². The minimum absolute atomic E-state index is 0.00305. The average molecular weight is 269 g/mol. The molecule has 1 aliphatic rings. The first-order valence-corrected chi connectivity index (χ1v) is 7.21. The molecular weight excluding hydrogens is 254 g/mol. The molecular formula is C12H15NO4S. The Kier molecular flexibility index (Phi) is 2.85. The van der Waals surface area contributed by atoms with Gasteiger partial charge in [-0.3, -0.25) is 0 Å². The molecule has 0 unspecified atom stereocenters. The molecule has 2 N–H and O–H groups in total. The van der Waals surface area contributed by atoms with Crippen LogP contribution in [0.2, 0.25) is 0 Å². The summed E-state index contributed by atoms with van der Waals surface area (Å²) >= 11 is 0. The van der Waals surface area contributed by atoms with E-state index >= 15 is 0 Å². The summed E-state index contributed by atoms with van der Waals surface area (Å²) in [4.78, 5) is 11.2. The van der Waals surface area contributed by atoms with E-state index < -0.39 is 21.2 Å². The zero-order chi connectivity index (χ0) is 13.6. The quantitative estimate of drug-likeness (QED) is 0.809. The number of benzene rings is 1. The number of rotatable bonds is 1. The second kappa shape index (κ2) is 3.98. The highest BCUT2D eigenvalue weighted by Gasteiger charge is 2.34. The number of fused-ring (bicyclic) bond motifs is 1. The van der Waals surface area contributed by atoms with Crippen LogP contribution < -0.4 is 5.32 Å². The number of carboxylic acids is 1. The molecule has 0 saturated heterocycles. The van der Waals surface area contributed by atoms with Gasteiger partial charge in [0.2, 0.25) is 0 Å². The third-order valence-corrected chi connectivity index (χ3v) is 5.09. The van der Waals surface area contributed by atoms with Gasteiger partial charge in [0, 0.05) is 6.54 Å². The molecule has 0 saturated carbocycles. The summed E-state index contributed by atoms with van der Waals surface area (Å²) in [6.45, 7) is 4.09. The van der Waals surface area contributed by atoms with Crippen molar-refractivity contribution in [2.75, 3.05) is 17.6 Å². The third-order valence-electron chi connectivity index (χ3n) is 2.92. The first-order chi connectivity index (χ1) is 8.23. The average Bonchev–Trinajstić information content (AvgIpc) is 2.32. The maximum absolute atomic E-state index is 12.3. The monoisotopic (exact) mass is 269 g/mol. The number of nitrogens with one attached hydrogen (secondary N) is 1. The Morgan fingerprint density at radius 1 is 1.39 bits per heavy atom. The molecule has 5 nitrogen and oxygen atoms in total. The zero-order valence-electron chi connectivity index (χ0n) is 10.2. The number of carbonyl (C=O) groups is 1. The number of aromatic carboxylic acids is 1. The van der Waals surface area contributed by atoms with Gasteiger partial charge in [0.05, 0.1) is 21.9 Å². The number of carboxylic acid groups (broad SMARTS) is 1. The fraction of sp³-hybridized carbons (Fsp3) is 0.417. The van der Waals surface area contributed by atoms with Gasteiger partial charge >= 0.3 is 5.97 Å². The van der Waals surface area contributed by atoms with Gasteiger partial charge in [-0.05, 0) is 17.5 Å². The Morgan fingerprint density at radius 3 is 2.67 bits per heavy atom. The molecule has 2 rings (SSSR count). The van der Waals surface area contributed by atoms with E-state index in [9.17, 15) is 13.2 Å². The molecule has 1 aromatic rings. The van der Waals surface area contributed by atoms with Crippen LogP contribution in [-0.4, -0.2) is 31.8 Å². The predicted octanol–water partition coefficient (Wildman–Crippen LogP) is 1.61. The summed E-state index contributed by atoms with van der Waals surface area (Å²) in [6.07, 6.45) is 0. The summed E-state index contributed by atoms with van der Waals surface area (Å²) in [5.74, 6) is -1.13. The Balaban J connectivity index is 2.69. The highest BCUT2D eigenvalue weighted by atomic mass is 32.2. The van der Waals surface area contributed by atoms with Crippen LogP contribution in [0.3, 0.4) is 0 Å². The van der Waals surface area contributed by atoms with Crippen LogP contribution in [0.15, 0.2) is 23.1 Å². The van der Waals surface area contributed by atoms with Gasteiger partial charge in [0.1, 0.15) is 0 Å². The number of hydrogen-bond donors (Lipinski definition) is 2. The largest absolute Gasteiger partial charge is 0.478 e. The van der Waals surface area contributed by atoms with Crippen LogP contribution in [0.5, 0.6) is 0 Å². The van der Waals surface area contributed by atoms with E-state index in [0.717, 1.165) is 0 Å². The summed E-state index contributed by atoms with van der Waals surface area (Å²) in [6, 6.07) is 4.31. The van der Waals surface area contributed by atoms with Gasteiger partial charge in [0.25, 0.3) is 0 Å². The zero-order valence-corrected chi connectivity index (χ0v) is 11.0. The van der Waals surface area contributed by atoms with Gasteiger partial charge in [-0.2, -0.15) is 0 Å². The highest BCUT2D eigenvalue weighted by molar-refractivity contribution is 7.91. The van der Waals surface area contributed by atoms with Crippen molar-refractivity contribution < 1.29 is 18.3 Å². The molecule has 0 aliphatic carbocycles. The van der Waals surface area contributed by atoms with Crippen LogP contribution in [0.4, 0.5) is 5.69 Å². The lowest BCUT2D eigenvalue weighted by Crippen LogP contribution is -2.28. The maximum atomic E-state index is 12.3. The van der Waals surface area contributed by atoms with Crippen LogP contribution >= 0.6 is 0 Å². The fourth-order valence-corrected chi connectivity index (χ4v) is 4.19. The van der Waals surface area contributed by atoms with E-state index in [4.69, 9.17) is 5.11 Å². The molecule has 1 aromatic carbocycles. The predicted molar refractivity (Wildman–Crippen MR) is 67.7 cm³/mol. The lowest BCUT2D eigenvalue weighted by Gasteiger charge is -2.21. The SMILES string of the molecule is CC1(C)CNc2c(C(=O)O)cccc2S(=O)(=O)C1. The molecule has 0 radical (unpaired) electrons. The van der Waals surface area contributed by atoms with Crippen LogP contribution in [-0.2, 0) is 9.84 Å². The second-order valence-electron chi connectivity index (χ2n) is 5.26. The maximum Gasteiger partial charge on any atom is 0.337 e. The Morgan fingerprint density at radius 2 is 2.06 bits per heavy atom. The van der Waals surface area contributed by atoms with Gasteiger partial charge in [-0.25, -0.2) is 13.2 Å². The Labute approximate surface area is 106 Å². The number of hydrogen-bond acceptors (Lipinski definition) is 4. The van der Waals surface area contributed by atoms with Gasteiger partial charge in [-0.15, -0.1) is 0 Å². The van der Waals surface area contributed by atoms with Gasteiger partial charge in [0.15, 0.2) is 9.84 Å². The van der Waals surface area contributed by atoms with Gasteiger partial charge < -0.3 is 10.4 Å². The van der Waals surface area contributed by atoms with E-state index in [2.05, 4.69) is 5.32 Å². The first-order valence-electron chi connectivity index (χ1n) is 5.56. The fourth-order valence-electron chi connectivity index (χ4n) is 2.12.